The van der Waals surface area contributed by atoms with E-state index in [1.807, 2.05) is 30.3 Å². The normalized spacial score (nSPS) is 12.2. The summed E-state index contributed by atoms with van der Waals surface area (Å²) in [5, 5.41) is 2.87. The zero-order valence-electron chi connectivity index (χ0n) is 11.7. The van der Waals surface area contributed by atoms with Gasteiger partial charge in [-0.05, 0) is 36.4 Å². The van der Waals surface area contributed by atoms with Gasteiger partial charge < -0.3 is 14.8 Å². The summed E-state index contributed by atoms with van der Waals surface area (Å²) >= 11 is 5.06. The highest BCUT2D eigenvalue weighted by Gasteiger charge is 2.14. The van der Waals surface area contributed by atoms with Crippen molar-refractivity contribution >= 4 is 39.3 Å². The van der Waals surface area contributed by atoms with Crippen LogP contribution in [0, 0.1) is 0 Å². The van der Waals surface area contributed by atoms with E-state index >= 15 is 0 Å². The SMILES string of the molecule is O=C(CCSc1ccc(Br)cc1)Nc1ccc2c(c1)OCO2. The summed E-state index contributed by atoms with van der Waals surface area (Å²) < 4.78 is 11.6. The number of hydrogen-bond acceptors (Lipinski definition) is 4. The zero-order chi connectivity index (χ0) is 15.4. The first-order valence-corrected chi connectivity index (χ1v) is 8.56. The van der Waals surface area contributed by atoms with Crippen LogP contribution in [0.15, 0.2) is 51.8 Å². The fraction of sp³-hybridized carbons (Fsp3) is 0.188. The Hall–Kier alpha value is -1.66. The van der Waals surface area contributed by atoms with Crippen LogP contribution in [-0.2, 0) is 4.79 Å². The van der Waals surface area contributed by atoms with Gasteiger partial charge in [-0.25, -0.2) is 0 Å². The quantitative estimate of drug-likeness (QED) is 0.786. The van der Waals surface area contributed by atoms with Crippen LogP contribution in [0.4, 0.5) is 5.69 Å². The summed E-state index contributed by atoms with van der Waals surface area (Å²) in [4.78, 5) is 13.1. The number of amides is 1. The average molecular weight is 380 g/mol. The van der Waals surface area contributed by atoms with E-state index in [0.29, 0.717) is 17.9 Å². The Balaban J connectivity index is 1.47. The Morgan fingerprint density at radius 2 is 1.91 bits per heavy atom. The van der Waals surface area contributed by atoms with E-state index in [0.717, 1.165) is 20.8 Å². The van der Waals surface area contributed by atoms with Crippen molar-refractivity contribution in [3.63, 3.8) is 0 Å². The lowest BCUT2D eigenvalue weighted by Crippen LogP contribution is -2.12. The molecule has 1 heterocycles. The third-order valence-electron chi connectivity index (χ3n) is 3.07. The molecule has 0 spiro atoms. The zero-order valence-corrected chi connectivity index (χ0v) is 14.1. The minimum atomic E-state index is -0.0107. The van der Waals surface area contributed by atoms with E-state index in [-0.39, 0.29) is 12.7 Å². The first kappa shape index (κ1) is 15.2. The smallest absolute Gasteiger partial charge is 0.231 e. The molecule has 2 aromatic carbocycles. The second-order valence-corrected chi connectivity index (χ2v) is 6.75. The van der Waals surface area contributed by atoms with Crippen molar-refractivity contribution in [1.82, 2.24) is 0 Å². The number of carbonyl (C=O) groups excluding carboxylic acids is 1. The fourth-order valence-electron chi connectivity index (χ4n) is 1.99. The largest absolute Gasteiger partial charge is 0.454 e. The van der Waals surface area contributed by atoms with Crippen molar-refractivity contribution in [3.05, 3.63) is 46.9 Å². The van der Waals surface area contributed by atoms with Crippen LogP contribution in [0.1, 0.15) is 6.42 Å². The molecule has 3 rings (SSSR count). The second kappa shape index (κ2) is 7.07. The Labute approximate surface area is 141 Å². The standard InChI is InChI=1S/C16H14BrNO3S/c17-11-1-4-13(5-2-11)22-8-7-16(19)18-12-3-6-14-15(9-12)21-10-20-14/h1-6,9H,7-8,10H2,(H,18,19). The number of rotatable bonds is 5. The van der Waals surface area contributed by atoms with Crippen molar-refractivity contribution < 1.29 is 14.3 Å². The summed E-state index contributed by atoms with van der Waals surface area (Å²) in [6, 6.07) is 13.4. The molecular weight excluding hydrogens is 366 g/mol. The van der Waals surface area contributed by atoms with Gasteiger partial charge in [0, 0.05) is 33.3 Å². The van der Waals surface area contributed by atoms with E-state index in [1.54, 1.807) is 23.9 Å². The van der Waals surface area contributed by atoms with Crippen molar-refractivity contribution in [2.75, 3.05) is 17.9 Å². The number of thioether (sulfide) groups is 1. The van der Waals surface area contributed by atoms with Crippen LogP contribution in [0.3, 0.4) is 0 Å². The predicted octanol–water partition coefficient (Wildman–Crippen LogP) is 4.30. The minimum absolute atomic E-state index is 0.0107. The van der Waals surface area contributed by atoms with Crippen LogP contribution in [0.25, 0.3) is 0 Å². The minimum Gasteiger partial charge on any atom is -0.454 e. The third-order valence-corrected chi connectivity index (χ3v) is 4.61. The van der Waals surface area contributed by atoms with Crippen LogP contribution >= 0.6 is 27.7 Å². The number of ether oxygens (including phenoxy) is 2. The van der Waals surface area contributed by atoms with Gasteiger partial charge in [-0.15, -0.1) is 11.8 Å². The maximum Gasteiger partial charge on any atom is 0.231 e. The van der Waals surface area contributed by atoms with Gasteiger partial charge in [-0.1, -0.05) is 15.9 Å². The number of fused-ring (bicyclic) bond motifs is 1. The summed E-state index contributed by atoms with van der Waals surface area (Å²) in [5.74, 6) is 2.10. The summed E-state index contributed by atoms with van der Waals surface area (Å²) in [6.45, 7) is 0.233. The summed E-state index contributed by atoms with van der Waals surface area (Å²) in [7, 11) is 0. The van der Waals surface area contributed by atoms with Crippen molar-refractivity contribution in [2.24, 2.45) is 0 Å². The van der Waals surface area contributed by atoms with Crippen LogP contribution in [-0.4, -0.2) is 18.5 Å². The fourth-order valence-corrected chi connectivity index (χ4v) is 3.11. The lowest BCUT2D eigenvalue weighted by molar-refractivity contribution is -0.115. The molecule has 22 heavy (non-hydrogen) atoms. The van der Waals surface area contributed by atoms with Gasteiger partial charge in [-0.2, -0.15) is 0 Å². The molecule has 6 heteroatoms. The van der Waals surface area contributed by atoms with Crippen LogP contribution < -0.4 is 14.8 Å². The molecule has 0 fully saturated rings. The monoisotopic (exact) mass is 379 g/mol. The number of anilines is 1. The molecule has 0 aromatic heterocycles. The van der Waals surface area contributed by atoms with Crippen molar-refractivity contribution in [3.8, 4) is 11.5 Å². The van der Waals surface area contributed by atoms with Gasteiger partial charge in [0.1, 0.15) is 0 Å². The highest BCUT2D eigenvalue weighted by Crippen LogP contribution is 2.34. The van der Waals surface area contributed by atoms with E-state index < -0.39 is 0 Å². The first-order chi connectivity index (χ1) is 10.7. The van der Waals surface area contributed by atoms with Gasteiger partial charge in [0.05, 0.1) is 0 Å². The molecule has 0 aliphatic carbocycles. The molecule has 0 unspecified atom stereocenters. The predicted molar refractivity (Wildman–Crippen MR) is 90.7 cm³/mol. The molecular formula is C16H14BrNO3S. The lowest BCUT2D eigenvalue weighted by atomic mass is 10.2. The average Bonchev–Trinajstić information content (AvgIpc) is 2.97. The molecule has 0 saturated heterocycles. The van der Waals surface area contributed by atoms with Gasteiger partial charge in [0.25, 0.3) is 0 Å². The first-order valence-electron chi connectivity index (χ1n) is 6.78. The number of benzene rings is 2. The molecule has 0 bridgehead atoms. The van der Waals surface area contributed by atoms with Gasteiger partial charge >= 0.3 is 0 Å². The van der Waals surface area contributed by atoms with Crippen molar-refractivity contribution in [1.29, 1.82) is 0 Å². The Morgan fingerprint density at radius 1 is 1.14 bits per heavy atom. The van der Waals surface area contributed by atoms with E-state index in [4.69, 9.17) is 9.47 Å². The maximum atomic E-state index is 12.0. The number of carbonyl (C=O) groups is 1. The Bertz CT molecular complexity index is 676. The van der Waals surface area contributed by atoms with E-state index in [9.17, 15) is 4.79 Å². The van der Waals surface area contributed by atoms with Gasteiger partial charge in [0.15, 0.2) is 11.5 Å². The Morgan fingerprint density at radius 3 is 2.73 bits per heavy atom. The summed E-state index contributed by atoms with van der Waals surface area (Å²) in [6.07, 6.45) is 0.454. The molecule has 0 saturated carbocycles. The number of hydrogen-bond donors (Lipinski definition) is 1. The highest BCUT2D eigenvalue weighted by atomic mass is 79.9. The number of halogens is 1. The van der Waals surface area contributed by atoms with Gasteiger partial charge in [0.2, 0.25) is 12.7 Å². The summed E-state index contributed by atoms with van der Waals surface area (Å²) in [5.41, 5.74) is 0.725. The van der Waals surface area contributed by atoms with E-state index in [2.05, 4.69) is 21.2 Å². The van der Waals surface area contributed by atoms with E-state index in [1.165, 1.54) is 0 Å². The molecule has 0 atom stereocenters. The highest BCUT2D eigenvalue weighted by molar-refractivity contribution is 9.10. The Kier molecular flexibility index (Phi) is 4.90. The molecule has 1 aliphatic rings. The molecule has 2 aromatic rings. The number of nitrogens with one attached hydrogen (secondary N) is 1. The van der Waals surface area contributed by atoms with Crippen LogP contribution in [0.5, 0.6) is 11.5 Å². The lowest BCUT2D eigenvalue weighted by Gasteiger charge is -2.06. The molecule has 1 N–H and O–H groups in total. The molecule has 4 nitrogen and oxygen atoms in total. The van der Waals surface area contributed by atoms with Gasteiger partial charge in [-0.3, -0.25) is 4.79 Å². The van der Waals surface area contributed by atoms with Crippen LogP contribution in [0.2, 0.25) is 0 Å². The van der Waals surface area contributed by atoms with Crippen molar-refractivity contribution in [2.45, 2.75) is 11.3 Å². The molecule has 114 valence electrons. The topological polar surface area (TPSA) is 47.6 Å². The molecule has 1 aliphatic heterocycles. The maximum absolute atomic E-state index is 12.0. The molecule has 1 amide bonds. The third kappa shape index (κ3) is 3.96. The second-order valence-electron chi connectivity index (χ2n) is 4.67. The molecule has 0 radical (unpaired) electrons.